The van der Waals surface area contributed by atoms with Gasteiger partial charge in [0.15, 0.2) is 5.82 Å². The molecule has 4 aromatic rings. The van der Waals surface area contributed by atoms with Crippen molar-refractivity contribution in [2.75, 3.05) is 62.3 Å². The van der Waals surface area contributed by atoms with Crippen LogP contribution < -0.4 is 15.1 Å². The number of morpholine rings is 1. The molecule has 2 aliphatic heterocycles. The summed E-state index contributed by atoms with van der Waals surface area (Å²) in [6.45, 7) is 8.91. The van der Waals surface area contributed by atoms with E-state index in [0.717, 1.165) is 66.2 Å². The number of hydrogen-bond acceptors (Lipinski definition) is 7. The van der Waals surface area contributed by atoms with Crippen molar-refractivity contribution >= 4 is 43.3 Å². The summed E-state index contributed by atoms with van der Waals surface area (Å²) in [5, 5.41) is 6.54. The second-order valence-electron chi connectivity index (χ2n) is 8.28. The molecular weight excluding hydrogens is 427 g/mol. The van der Waals surface area contributed by atoms with Crippen molar-refractivity contribution in [1.29, 1.82) is 0 Å². The SMILES string of the molecule is Cc1c(N2CCNCC2)sc2nc(-c3c(F)ccc4[nH]ccc34)nc(N3CCOCC3)c12. The maximum atomic E-state index is 15.1. The number of piperazine rings is 1. The molecule has 0 bridgehead atoms. The third-order valence-electron chi connectivity index (χ3n) is 6.37. The topological polar surface area (TPSA) is 69.3 Å². The van der Waals surface area contributed by atoms with Gasteiger partial charge in [0.25, 0.3) is 0 Å². The van der Waals surface area contributed by atoms with E-state index in [1.807, 2.05) is 12.3 Å². The Labute approximate surface area is 189 Å². The highest BCUT2D eigenvalue weighted by molar-refractivity contribution is 7.22. The van der Waals surface area contributed by atoms with E-state index in [9.17, 15) is 0 Å². The summed E-state index contributed by atoms with van der Waals surface area (Å²) in [5.74, 6) is 1.02. The van der Waals surface area contributed by atoms with Gasteiger partial charge in [-0.25, -0.2) is 14.4 Å². The third kappa shape index (κ3) is 3.23. The molecule has 0 radical (unpaired) electrons. The van der Waals surface area contributed by atoms with Gasteiger partial charge in [-0.05, 0) is 30.7 Å². The Morgan fingerprint density at radius 2 is 1.84 bits per heavy atom. The minimum absolute atomic E-state index is 0.306. The average molecular weight is 453 g/mol. The minimum atomic E-state index is -0.306. The minimum Gasteiger partial charge on any atom is -0.378 e. The summed E-state index contributed by atoms with van der Waals surface area (Å²) < 4.78 is 20.7. The number of H-pyrrole nitrogens is 1. The maximum Gasteiger partial charge on any atom is 0.166 e. The molecule has 32 heavy (non-hydrogen) atoms. The number of halogens is 1. The molecule has 3 aromatic heterocycles. The second kappa shape index (κ2) is 7.99. The molecule has 0 aliphatic carbocycles. The van der Waals surface area contributed by atoms with Crippen molar-refractivity contribution in [1.82, 2.24) is 20.3 Å². The van der Waals surface area contributed by atoms with Crippen LogP contribution in [0.1, 0.15) is 5.56 Å². The fourth-order valence-electron chi connectivity index (χ4n) is 4.73. The van der Waals surface area contributed by atoms with Crippen LogP contribution in [0.2, 0.25) is 0 Å². The largest absolute Gasteiger partial charge is 0.378 e. The molecular formula is C23H25FN6OS. The van der Waals surface area contributed by atoms with Gasteiger partial charge in [0.05, 0.1) is 29.2 Å². The molecule has 1 aromatic carbocycles. The standard InChI is InChI=1S/C23H25FN6OS/c1-14-18-21(29-10-12-31-13-11-29)27-20(19-15-4-5-26-17(15)3-2-16(19)24)28-22(18)32-23(14)30-8-6-25-7-9-30/h2-5,25-26H,6-13H2,1H3. The van der Waals surface area contributed by atoms with Crippen LogP contribution in [-0.4, -0.2) is 67.4 Å². The number of benzene rings is 1. The summed E-state index contributed by atoms with van der Waals surface area (Å²) in [7, 11) is 0. The molecule has 2 N–H and O–H groups in total. The Bertz CT molecular complexity index is 1290. The van der Waals surface area contributed by atoms with Gasteiger partial charge in [-0.2, -0.15) is 0 Å². The lowest BCUT2D eigenvalue weighted by Crippen LogP contribution is -2.43. The molecule has 2 saturated heterocycles. The van der Waals surface area contributed by atoms with E-state index >= 15 is 4.39 Å². The van der Waals surface area contributed by atoms with Crippen LogP contribution in [0.4, 0.5) is 15.2 Å². The van der Waals surface area contributed by atoms with Crippen LogP contribution in [0.25, 0.3) is 32.5 Å². The quantitative estimate of drug-likeness (QED) is 0.496. The lowest BCUT2D eigenvalue weighted by Gasteiger charge is -2.29. The molecule has 166 valence electrons. The van der Waals surface area contributed by atoms with Crippen LogP contribution in [0.3, 0.4) is 0 Å². The van der Waals surface area contributed by atoms with Crippen LogP contribution >= 0.6 is 11.3 Å². The smallest absolute Gasteiger partial charge is 0.166 e. The number of aromatic amines is 1. The van der Waals surface area contributed by atoms with Gasteiger partial charge in [-0.15, -0.1) is 0 Å². The molecule has 7 nitrogen and oxygen atoms in total. The van der Waals surface area contributed by atoms with Gasteiger partial charge in [0, 0.05) is 56.4 Å². The summed E-state index contributed by atoms with van der Waals surface area (Å²) in [6.07, 6.45) is 1.83. The normalized spacial score (nSPS) is 17.6. The lowest BCUT2D eigenvalue weighted by molar-refractivity contribution is 0.122. The van der Waals surface area contributed by atoms with Crippen molar-refractivity contribution in [3.05, 3.63) is 35.8 Å². The van der Waals surface area contributed by atoms with Crippen molar-refractivity contribution in [2.45, 2.75) is 6.92 Å². The molecule has 9 heteroatoms. The molecule has 6 rings (SSSR count). The first kappa shape index (κ1) is 19.9. The van der Waals surface area contributed by atoms with Crippen molar-refractivity contribution in [3.63, 3.8) is 0 Å². The van der Waals surface area contributed by atoms with Crippen LogP contribution in [0.15, 0.2) is 24.4 Å². The Morgan fingerprint density at radius 3 is 2.66 bits per heavy atom. The lowest BCUT2D eigenvalue weighted by atomic mass is 10.1. The van der Waals surface area contributed by atoms with Gasteiger partial charge in [0.2, 0.25) is 0 Å². The Morgan fingerprint density at radius 1 is 1.03 bits per heavy atom. The maximum absolute atomic E-state index is 15.1. The van der Waals surface area contributed by atoms with Crippen molar-refractivity contribution < 1.29 is 9.13 Å². The fraction of sp³-hybridized carbons (Fsp3) is 0.391. The van der Waals surface area contributed by atoms with Crippen LogP contribution in [0, 0.1) is 12.7 Å². The van der Waals surface area contributed by atoms with Crippen molar-refractivity contribution in [2.24, 2.45) is 0 Å². The monoisotopic (exact) mass is 452 g/mol. The summed E-state index contributed by atoms with van der Waals surface area (Å²) >= 11 is 1.69. The number of ether oxygens (including phenoxy) is 1. The van der Waals surface area contributed by atoms with E-state index in [2.05, 4.69) is 27.0 Å². The molecule has 0 spiro atoms. The molecule has 0 atom stereocenters. The van der Waals surface area contributed by atoms with Gasteiger partial charge in [-0.3, -0.25) is 0 Å². The molecule has 5 heterocycles. The zero-order chi connectivity index (χ0) is 21.7. The number of nitrogens with one attached hydrogen (secondary N) is 2. The van der Waals surface area contributed by atoms with Crippen LogP contribution in [0.5, 0.6) is 0 Å². The van der Waals surface area contributed by atoms with E-state index in [1.54, 1.807) is 17.4 Å². The number of aryl methyl sites for hydroxylation is 1. The predicted octanol–water partition coefficient (Wildman–Crippen LogP) is 3.53. The highest BCUT2D eigenvalue weighted by Gasteiger charge is 2.26. The van der Waals surface area contributed by atoms with Gasteiger partial charge < -0.3 is 24.8 Å². The molecule has 2 fully saturated rings. The number of thiophene rings is 1. The van der Waals surface area contributed by atoms with Gasteiger partial charge in [-0.1, -0.05) is 11.3 Å². The van der Waals surface area contributed by atoms with Crippen molar-refractivity contribution in [3.8, 4) is 11.4 Å². The molecule has 2 aliphatic rings. The highest BCUT2D eigenvalue weighted by Crippen LogP contribution is 2.42. The number of nitrogens with zero attached hydrogens (tertiary/aromatic N) is 4. The van der Waals surface area contributed by atoms with E-state index in [0.29, 0.717) is 24.6 Å². The Balaban J connectivity index is 1.58. The fourth-order valence-corrected chi connectivity index (χ4v) is 5.95. The van der Waals surface area contributed by atoms with E-state index in [-0.39, 0.29) is 5.82 Å². The highest BCUT2D eigenvalue weighted by atomic mass is 32.1. The average Bonchev–Trinajstić information content (AvgIpc) is 3.44. The first-order chi connectivity index (χ1) is 15.7. The molecule has 0 saturated carbocycles. The Kier molecular flexibility index (Phi) is 4.97. The van der Waals surface area contributed by atoms with E-state index < -0.39 is 0 Å². The first-order valence-corrected chi connectivity index (χ1v) is 11.9. The summed E-state index contributed by atoms with van der Waals surface area (Å²) in [4.78, 5) is 18.7. The number of fused-ring (bicyclic) bond motifs is 2. The third-order valence-corrected chi connectivity index (χ3v) is 7.61. The van der Waals surface area contributed by atoms with Gasteiger partial charge >= 0.3 is 0 Å². The molecule has 0 unspecified atom stereocenters. The number of rotatable bonds is 3. The zero-order valence-electron chi connectivity index (χ0n) is 17.9. The number of anilines is 2. The first-order valence-electron chi connectivity index (χ1n) is 11.1. The van der Waals surface area contributed by atoms with E-state index in [4.69, 9.17) is 14.7 Å². The van der Waals surface area contributed by atoms with E-state index in [1.165, 1.54) is 16.6 Å². The van der Waals surface area contributed by atoms with Gasteiger partial charge in [0.1, 0.15) is 16.5 Å². The Hall–Kier alpha value is -2.75. The molecule has 0 amide bonds. The predicted molar refractivity (Wildman–Crippen MR) is 128 cm³/mol. The second-order valence-corrected chi connectivity index (χ2v) is 9.26. The van der Waals surface area contributed by atoms with Crippen LogP contribution in [-0.2, 0) is 4.74 Å². The number of hydrogen-bond donors (Lipinski definition) is 2. The zero-order valence-corrected chi connectivity index (χ0v) is 18.8. The number of aromatic nitrogens is 3. The summed E-state index contributed by atoms with van der Waals surface area (Å²) in [6, 6.07) is 5.14. The summed E-state index contributed by atoms with van der Waals surface area (Å²) in [5.41, 5.74) is 2.54.